The highest BCUT2D eigenvalue weighted by atomic mass is 16.1. The van der Waals surface area contributed by atoms with Crippen molar-refractivity contribution < 1.29 is 4.79 Å². The van der Waals surface area contributed by atoms with Crippen molar-refractivity contribution in [3.05, 3.63) is 94.8 Å². The predicted octanol–water partition coefficient (Wildman–Crippen LogP) is 4.86. The molecule has 0 saturated heterocycles. The zero-order chi connectivity index (χ0) is 18.4. The van der Waals surface area contributed by atoms with Crippen LogP contribution in [-0.4, -0.2) is 10.9 Å². The van der Waals surface area contributed by atoms with Gasteiger partial charge in [-0.1, -0.05) is 30.3 Å². The number of aryl methyl sites for hydroxylation is 3. The van der Waals surface area contributed by atoms with E-state index in [0.717, 1.165) is 18.5 Å². The summed E-state index contributed by atoms with van der Waals surface area (Å²) in [4.78, 5) is 16.2. The first kappa shape index (κ1) is 17.9. The fourth-order valence-corrected chi connectivity index (χ4v) is 2.88. The highest BCUT2D eigenvalue weighted by molar-refractivity contribution is 5.90. The molecule has 26 heavy (non-hydrogen) atoms. The van der Waals surface area contributed by atoms with E-state index in [0.29, 0.717) is 6.42 Å². The number of hydrogen-bond donors (Lipinski definition) is 1. The molecule has 0 saturated carbocycles. The molecule has 0 aliphatic carbocycles. The van der Waals surface area contributed by atoms with Crippen molar-refractivity contribution in [1.29, 1.82) is 0 Å². The second-order valence-electron chi connectivity index (χ2n) is 6.70. The second kappa shape index (κ2) is 8.43. The van der Waals surface area contributed by atoms with E-state index in [1.54, 1.807) is 12.4 Å². The van der Waals surface area contributed by atoms with Gasteiger partial charge in [0.15, 0.2) is 0 Å². The molecule has 3 nitrogen and oxygen atoms in total. The number of pyridine rings is 1. The molecule has 3 aromatic rings. The lowest BCUT2D eigenvalue weighted by Crippen LogP contribution is -2.12. The van der Waals surface area contributed by atoms with Crippen LogP contribution in [0.5, 0.6) is 0 Å². The summed E-state index contributed by atoms with van der Waals surface area (Å²) < 4.78 is 0. The monoisotopic (exact) mass is 344 g/mol. The molecule has 3 heteroatoms. The summed E-state index contributed by atoms with van der Waals surface area (Å²) in [5, 5.41) is 2.98. The maximum Gasteiger partial charge on any atom is 0.224 e. The first-order chi connectivity index (χ1) is 12.6. The number of nitrogens with one attached hydrogen (secondary N) is 1. The van der Waals surface area contributed by atoms with Crippen LogP contribution >= 0.6 is 0 Å². The average molecular weight is 344 g/mol. The van der Waals surface area contributed by atoms with Gasteiger partial charge in [-0.05, 0) is 78.8 Å². The third-order valence-corrected chi connectivity index (χ3v) is 4.61. The standard InChI is InChI=1S/C23H24N2O/c1-17-3-4-19(15-18(17)2)7-10-23(26)25-22-8-5-20(6-9-22)16-21-11-13-24-14-12-21/h3-6,8-9,11-15H,7,10,16H2,1-2H3,(H,25,26). The number of nitrogens with zero attached hydrogens (tertiary/aromatic N) is 1. The highest BCUT2D eigenvalue weighted by Gasteiger charge is 2.05. The summed E-state index contributed by atoms with van der Waals surface area (Å²) in [7, 11) is 0. The summed E-state index contributed by atoms with van der Waals surface area (Å²) in [6.45, 7) is 4.20. The van der Waals surface area contributed by atoms with Gasteiger partial charge in [0.25, 0.3) is 0 Å². The van der Waals surface area contributed by atoms with Crippen LogP contribution in [0.4, 0.5) is 5.69 Å². The minimum absolute atomic E-state index is 0.0464. The molecule has 0 unspecified atom stereocenters. The fraction of sp³-hybridized carbons (Fsp3) is 0.217. The van der Waals surface area contributed by atoms with E-state index in [4.69, 9.17) is 0 Å². The Morgan fingerprint density at radius 2 is 1.50 bits per heavy atom. The molecule has 0 fully saturated rings. The van der Waals surface area contributed by atoms with E-state index in [-0.39, 0.29) is 5.91 Å². The average Bonchev–Trinajstić information content (AvgIpc) is 2.65. The van der Waals surface area contributed by atoms with Gasteiger partial charge in [0.05, 0.1) is 0 Å². The quantitative estimate of drug-likeness (QED) is 0.694. The zero-order valence-corrected chi connectivity index (χ0v) is 15.3. The number of amides is 1. The molecule has 0 aliphatic rings. The number of rotatable bonds is 6. The molecule has 0 radical (unpaired) electrons. The molecule has 1 N–H and O–H groups in total. The molecule has 1 aromatic heterocycles. The van der Waals surface area contributed by atoms with Crippen LogP contribution < -0.4 is 5.32 Å². The Kier molecular flexibility index (Phi) is 5.80. The molecule has 3 rings (SSSR count). The Balaban J connectivity index is 1.51. The minimum Gasteiger partial charge on any atom is -0.326 e. The second-order valence-corrected chi connectivity index (χ2v) is 6.70. The van der Waals surface area contributed by atoms with Crippen LogP contribution in [0, 0.1) is 13.8 Å². The summed E-state index contributed by atoms with van der Waals surface area (Å²) >= 11 is 0. The van der Waals surface area contributed by atoms with Crippen molar-refractivity contribution in [1.82, 2.24) is 4.98 Å². The smallest absolute Gasteiger partial charge is 0.224 e. The third kappa shape index (κ3) is 5.03. The lowest BCUT2D eigenvalue weighted by Gasteiger charge is -2.08. The molecule has 0 bridgehead atoms. The van der Waals surface area contributed by atoms with Crippen LogP contribution in [0.1, 0.15) is 34.2 Å². The molecular formula is C23H24N2O. The molecule has 0 aliphatic heterocycles. The number of hydrogen-bond acceptors (Lipinski definition) is 2. The highest BCUT2D eigenvalue weighted by Crippen LogP contribution is 2.15. The lowest BCUT2D eigenvalue weighted by atomic mass is 10.0. The predicted molar refractivity (Wildman–Crippen MR) is 106 cm³/mol. The van der Waals surface area contributed by atoms with Gasteiger partial charge in [-0.2, -0.15) is 0 Å². The fourth-order valence-electron chi connectivity index (χ4n) is 2.88. The van der Waals surface area contributed by atoms with Crippen LogP contribution in [-0.2, 0) is 17.6 Å². The van der Waals surface area contributed by atoms with Crippen molar-refractivity contribution in [2.24, 2.45) is 0 Å². The summed E-state index contributed by atoms with van der Waals surface area (Å²) in [6.07, 6.45) is 5.72. The summed E-state index contributed by atoms with van der Waals surface area (Å²) in [5.74, 6) is 0.0464. The van der Waals surface area contributed by atoms with Crippen LogP contribution in [0.3, 0.4) is 0 Å². The van der Waals surface area contributed by atoms with E-state index in [1.807, 2.05) is 24.3 Å². The molecule has 0 atom stereocenters. The van der Waals surface area contributed by atoms with Crippen LogP contribution in [0.2, 0.25) is 0 Å². The van der Waals surface area contributed by atoms with E-state index in [1.165, 1.54) is 27.8 Å². The molecule has 2 aromatic carbocycles. The Bertz CT molecular complexity index is 870. The Morgan fingerprint density at radius 1 is 0.846 bits per heavy atom. The topological polar surface area (TPSA) is 42.0 Å². The van der Waals surface area contributed by atoms with Crippen LogP contribution in [0.15, 0.2) is 67.0 Å². The van der Waals surface area contributed by atoms with E-state index < -0.39 is 0 Å². The van der Waals surface area contributed by atoms with E-state index in [2.05, 4.69) is 54.5 Å². The zero-order valence-electron chi connectivity index (χ0n) is 15.3. The van der Waals surface area contributed by atoms with Gasteiger partial charge in [-0.15, -0.1) is 0 Å². The first-order valence-corrected chi connectivity index (χ1v) is 8.94. The van der Waals surface area contributed by atoms with E-state index in [9.17, 15) is 4.79 Å². The maximum atomic E-state index is 12.2. The molecular weight excluding hydrogens is 320 g/mol. The van der Waals surface area contributed by atoms with Crippen molar-refractivity contribution in [3.63, 3.8) is 0 Å². The summed E-state index contributed by atoms with van der Waals surface area (Å²) in [5.41, 5.74) is 7.04. The van der Waals surface area contributed by atoms with Crippen molar-refractivity contribution >= 4 is 11.6 Å². The minimum atomic E-state index is 0.0464. The number of benzene rings is 2. The SMILES string of the molecule is Cc1ccc(CCC(=O)Nc2ccc(Cc3ccncc3)cc2)cc1C. The van der Waals surface area contributed by atoms with Gasteiger partial charge < -0.3 is 5.32 Å². The largest absolute Gasteiger partial charge is 0.326 e. The van der Waals surface area contributed by atoms with Crippen molar-refractivity contribution in [3.8, 4) is 0 Å². The molecule has 0 spiro atoms. The first-order valence-electron chi connectivity index (χ1n) is 8.94. The number of anilines is 1. The third-order valence-electron chi connectivity index (χ3n) is 4.61. The molecule has 132 valence electrons. The number of aromatic nitrogens is 1. The van der Waals surface area contributed by atoms with Gasteiger partial charge in [-0.25, -0.2) is 0 Å². The molecule has 1 heterocycles. The van der Waals surface area contributed by atoms with Crippen LogP contribution in [0.25, 0.3) is 0 Å². The number of carbonyl (C=O) groups is 1. The van der Waals surface area contributed by atoms with Gasteiger partial charge in [-0.3, -0.25) is 9.78 Å². The van der Waals surface area contributed by atoms with Gasteiger partial charge in [0.2, 0.25) is 5.91 Å². The lowest BCUT2D eigenvalue weighted by molar-refractivity contribution is -0.116. The van der Waals surface area contributed by atoms with Crippen molar-refractivity contribution in [2.45, 2.75) is 33.1 Å². The Morgan fingerprint density at radius 3 is 2.19 bits per heavy atom. The van der Waals surface area contributed by atoms with Gasteiger partial charge in [0, 0.05) is 24.5 Å². The Hall–Kier alpha value is -2.94. The summed E-state index contributed by atoms with van der Waals surface area (Å²) in [6, 6.07) is 18.4. The van der Waals surface area contributed by atoms with Crippen molar-refractivity contribution in [2.75, 3.05) is 5.32 Å². The van der Waals surface area contributed by atoms with E-state index >= 15 is 0 Å². The number of carbonyl (C=O) groups excluding carboxylic acids is 1. The van der Waals surface area contributed by atoms with Gasteiger partial charge >= 0.3 is 0 Å². The maximum absolute atomic E-state index is 12.2. The normalized spacial score (nSPS) is 10.5. The molecule has 1 amide bonds. The Labute approximate surface area is 155 Å². The van der Waals surface area contributed by atoms with Gasteiger partial charge in [0.1, 0.15) is 0 Å².